The Hall–Kier alpha value is -2.62. The first-order chi connectivity index (χ1) is 14.3. The molecule has 0 aliphatic carbocycles. The minimum atomic E-state index is -0.155. The van der Waals surface area contributed by atoms with Gasteiger partial charge in [0, 0.05) is 43.7 Å². The molecule has 0 bridgehead atoms. The number of hydrogen-bond donors (Lipinski definition) is 0. The van der Waals surface area contributed by atoms with E-state index in [0.717, 1.165) is 57.3 Å². The molecular weight excluding hydrogens is 370 g/mol. The first-order valence-electron chi connectivity index (χ1n) is 10.1. The molecule has 0 N–H and O–H groups in total. The number of fused-ring (bicyclic) bond motifs is 1. The number of aromatic nitrogens is 5. The summed E-state index contributed by atoms with van der Waals surface area (Å²) in [5.74, 6) is 1.70. The average molecular weight is 395 g/mol. The molecule has 1 atom stereocenters. The smallest absolute Gasteiger partial charge is 0.204 e. The number of benzene rings is 1. The molecular formula is C20H25N7O2. The van der Waals surface area contributed by atoms with Crippen LogP contribution in [0.4, 0.5) is 5.82 Å². The number of tetrazole rings is 1. The third kappa shape index (κ3) is 3.93. The second kappa shape index (κ2) is 8.02. The van der Waals surface area contributed by atoms with Gasteiger partial charge in [0.05, 0.1) is 32.4 Å². The summed E-state index contributed by atoms with van der Waals surface area (Å²) in [6.07, 6.45) is -0.155. The maximum absolute atomic E-state index is 5.90. The third-order valence-corrected chi connectivity index (χ3v) is 5.45. The van der Waals surface area contributed by atoms with Crippen LogP contribution >= 0.6 is 0 Å². The second-order valence-electron chi connectivity index (χ2n) is 7.49. The Morgan fingerprint density at radius 2 is 1.97 bits per heavy atom. The maximum Gasteiger partial charge on any atom is 0.204 e. The molecule has 3 aromatic rings. The number of para-hydroxylation sites is 1. The highest BCUT2D eigenvalue weighted by Gasteiger charge is 2.27. The summed E-state index contributed by atoms with van der Waals surface area (Å²) in [5, 5.41) is 13.6. The average Bonchev–Trinajstić information content (AvgIpc) is 3.20. The minimum absolute atomic E-state index is 0.155. The predicted molar refractivity (Wildman–Crippen MR) is 108 cm³/mol. The fourth-order valence-electron chi connectivity index (χ4n) is 3.99. The van der Waals surface area contributed by atoms with Gasteiger partial charge in [-0.25, -0.2) is 4.98 Å². The predicted octanol–water partition coefficient (Wildman–Crippen LogP) is 1.17. The topological polar surface area (TPSA) is 81.4 Å². The largest absolute Gasteiger partial charge is 0.378 e. The molecule has 4 heterocycles. The highest BCUT2D eigenvalue weighted by atomic mass is 16.5. The van der Waals surface area contributed by atoms with Gasteiger partial charge < -0.3 is 14.4 Å². The van der Waals surface area contributed by atoms with E-state index in [9.17, 15) is 0 Å². The molecule has 2 aliphatic heterocycles. The molecule has 2 saturated heterocycles. The molecule has 1 aromatic carbocycles. The SMILES string of the molecule is Cn1nnc(C2CN(Cc3cc4ccccc4nc3N3CCOCC3)CCO2)n1. The van der Waals surface area contributed by atoms with E-state index in [2.05, 4.69) is 49.5 Å². The van der Waals surface area contributed by atoms with Crippen molar-refractivity contribution in [2.24, 2.45) is 7.05 Å². The standard InChI is InChI=1S/C20H25N7O2/c1-25-23-19(22-24-25)18-14-26(6-11-29-18)13-16-12-15-4-2-3-5-17(15)21-20(16)27-7-9-28-10-8-27/h2-5,12,18H,6-11,13-14H2,1H3. The number of aryl methyl sites for hydroxylation is 1. The van der Waals surface area contributed by atoms with Crippen molar-refractivity contribution in [1.29, 1.82) is 0 Å². The fourth-order valence-corrected chi connectivity index (χ4v) is 3.99. The van der Waals surface area contributed by atoms with Crippen LogP contribution in [-0.4, -0.2) is 76.1 Å². The summed E-state index contributed by atoms with van der Waals surface area (Å²) in [4.78, 5) is 11.2. The third-order valence-electron chi connectivity index (χ3n) is 5.45. The van der Waals surface area contributed by atoms with Crippen molar-refractivity contribution in [3.63, 3.8) is 0 Å². The number of ether oxygens (including phenoxy) is 2. The van der Waals surface area contributed by atoms with Crippen molar-refractivity contribution in [3.8, 4) is 0 Å². The summed E-state index contributed by atoms with van der Waals surface area (Å²) < 4.78 is 11.4. The number of pyridine rings is 1. The van der Waals surface area contributed by atoms with E-state index in [0.29, 0.717) is 12.4 Å². The Balaban J connectivity index is 1.42. The molecule has 1 unspecified atom stereocenters. The molecule has 0 spiro atoms. The Morgan fingerprint density at radius 3 is 2.79 bits per heavy atom. The zero-order valence-electron chi connectivity index (χ0n) is 16.6. The molecule has 9 nitrogen and oxygen atoms in total. The molecule has 0 saturated carbocycles. The fraction of sp³-hybridized carbons (Fsp3) is 0.500. The van der Waals surface area contributed by atoms with Gasteiger partial charge >= 0.3 is 0 Å². The highest BCUT2D eigenvalue weighted by molar-refractivity contribution is 5.81. The summed E-state index contributed by atoms with van der Waals surface area (Å²) in [5.41, 5.74) is 2.26. The van der Waals surface area contributed by atoms with E-state index in [-0.39, 0.29) is 6.10 Å². The molecule has 2 aromatic heterocycles. The van der Waals surface area contributed by atoms with Crippen LogP contribution in [0.1, 0.15) is 17.5 Å². The normalized spacial score (nSPS) is 21.0. The molecule has 29 heavy (non-hydrogen) atoms. The lowest BCUT2D eigenvalue weighted by atomic mass is 10.1. The summed E-state index contributed by atoms with van der Waals surface area (Å²) in [6, 6.07) is 10.6. The maximum atomic E-state index is 5.90. The van der Waals surface area contributed by atoms with Crippen molar-refractivity contribution in [2.45, 2.75) is 12.6 Å². The lowest BCUT2D eigenvalue weighted by Crippen LogP contribution is -2.40. The number of anilines is 1. The Kier molecular flexibility index (Phi) is 5.09. The molecule has 9 heteroatoms. The Morgan fingerprint density at radius 1 is 1.10 bits per heavy atom. The van der Waals surface area contributed by atoms with Crippen LogP contribution in [0.2, 0.25) is 0 Å². The quantitative estimate of drug-likeness (QED) is 0.651. The van der Waals surface area contributed by atoms with Crippen molar-refractivity contribution >= 4 is 16.7 Å². The number of hydrogen-bond acceptors (Lipinski definition) is 8. The van der Waals surface area contributed by atoms with Crippen LogP contribution in [-0.2, 0) is 23.1 Å². The lowest BCUT2D eigenvalue weighted by Gasteiger charge is -2.34. The molecule has 0 amide bonds. The summed E-state index contributed by atoms with van der Waals surface area (Å²) in [7, 11) is 1.77. The summed E-state index contributed by atoms with van der Waals surface area (Å²) >= 11 is 0. The van der Waals surface area contributed by atoms with E-state index >= 15 is 0 Å². The molecule has 152 valence electrons. The van der Waals surface area contributed by atoms with Gasteiger partial charge in [0.15, 0.2) is 0 Å². The van der Waals surface area contributed by atoms with Crippen molar-refractivity contribution in [2.75, 3.05) is 50.9 Å². The van der Waals surface area contributed by atoms with E-state index in [1.165, 1.54) is 15.7 Å². The van der Waals surface area contributed by atoms with E-state index < -0.39 is 0 Å². The van der Waals surface area contributed by atoms with Gasteiger partial charge in [-0.2, -0.15) is 4.80 Å². The molecule has 2 aliphatic rings. The minimum Gasteiger partial charge on any atom is -0.378 e. The second-order valence-corrected chi connectivity index (χ2v) is 7.49. The van der Waals surface area contributed by atoms with Crippen LogP contribution < -0.4 is 4.90 Å². The lowest BCUT2D eigenvalue weighted by molar-refractivity contribution is -0.0373. The van der Waals surface area contributed by atoms with E-state index in [4.69, 9.17) is 14.5 Å². The van der Waals surface area contributed by atoms with Gasteiger partial charge in [-0.05, 0) is 17.3 Å². The number of morpholine rings is 2. The van der Waals surface area contributed by atoms with Gasteiger partial charge in [0.2, 0.25) is 5.82 Å². The number of rotatable bonds is 4. The monoisotopic (exact) mass is 395 g/mol. The van der Waals surface area contributed by atoms with E-state index in [1.54, 1.807) is 7.05 Å². The van der Waals surface area contributed by atoms with Gasteiger partial charge in [0.1, 0.15) is 11.9 Å². The Labute approximate surface area is 169 Å². The zero-order valence-corrected chi connectivity index (χ0v) is 16.6. The van der Waals surface area contributed by atoms with Crippen molar-refractivity contribution < 1.29 is 9.47 Å². The molecule has 5 rings (SSSR count). The first kappa shape index (κ1) is 18.4. The molecule has 0 radical (unpaired) electrons. The van der Waals surface area contributed by atoms with Crippen LogP contribution in [0.3, 0.4) is 0 Å². The van der Waals surface area contributed by atoms with E-state index in [1.807, 2.05) is 6.07 Å². The highest BCUT2D eigenvalue weighted by Crippen LogP contribution is 2.27. The molecule has 2 fully saturated rings. The number of nitrogens with zero attached hydrogens (tertiary/aromatic N) is 7. The summed E-state index contributed by atoms with van der Waals surface area (Å²) in [6.45, 7) is 6.29. The van der Waals surface area contributed by atoms with Crippen molar-refractivity contribution in [3.05, 3.63) is 41.7 Å². The van der Waals surface area contributed by atoms with Crippen LogP contribution in [0.15, 0.2) is 30.3 Å². The Bertz CT molecular complexity index is 986. The zero-order chi connectivity index (χ0) is 19.6. The van der Waals surface area contributed by atoms with Crippen LogP contribution in [0, 0.1) is 0 Å². The van der Waals surface area contributed by atoms with Gasteiger partial charge in [0.25, 0.3) is 0 Å². The van der Waals surface area contributed by atoms with Crippen LogP contribution in [0.25, 0.3) is 10.9 Å². The van der Waals surface area contributed by atoms with Crippen LogP contribution in [0.5, 0.6) is 0 Å². The van der Waals surface area contributed by atoms with Gasteiger partial charge in [-0.15, -0.1) is 10.2 Å². The van der Waals surface area contributed by atoms with Crippen molar-refractivity contribution in [1.82, 2.24) is 30.1 Å². The van der Waals surface area contributed by atoms with Gasteiger partial charge in [-0.1, -0.05) is 18.2 Å². The first-order valence-corrected chi connectivity index (χ1v) is 10.1. The van der Waals surface area contributed by atoms with Gasteiger partial charge in [-0.3, -0.25) is 4.90 Å².